The molecule has 1 aromatic rings. The topological polar surface area (TPSA) is 21.1 Å². The lowest BCUT2D eigenvalue weighted by atomic mass is 9.87. The number of aromatic nitrogens is 2. The molecule has 2 aliphatic carbocycles. The monoisotopic (exact) mass is 287 g/mol. The van der Waals surface area contributed by atoms with Crippen molar-refractivity contribution in [1.82, 2.24) is 14.5 Å². The van der Waals surface area contributed by atoms with Gasteiger partial charge in [-0.15, -0.1) is 0 Å². The maximum absolute atomic E-state index is 4.74. The van der Waals surface area contributed by atoms with E-state index in [9.17, 15) is 0 Å². The van der Waals surface area contributed by atoms with Gasteiger partial charge >= 0.3 is 0 Å². The van der Waals surface area contributed by atoms with Gasteiger partial charge in [-0.05, 0) is 44.4 Å². The molecule has 0 bridgehead atoms. The van der Waals surface area contributed by atoms with Crippen LogP contribution in [0.1, 0.15) is 62.4 Å². The van der Waals surface area contributed by atoms with Crippen molar-refractivity contribution in [3.63, 3.8) is 0 Å². The fourth-order valence-corrected chi connectivity index (χ4v) is 4.22. The van der Waals surface area contributed by atoms with Crippen LogP contribution in [0.2, 0.25) is 0 Å². The van der Waals surface area contributed by atoms with E-state index in [0.29, 0.717) is 5.92 Å². The fourth-order valence-electron chi connectivity index (χ4n) is 4.22. The molecule has 0 aromatic carbocycles. The molecular weight excluding hydrogens is 258 g/mol. The molecule has 0 N–H and O–H groups in total. The molecule has 3 fully saturated rings. The smallest absolute Gasteiger partial charge is 0.114 e. The summed E-state index contributed by atoms with van der Waals surface area (Å²) in [4.78, 5) is 7.41. The Labute approximate surface area is 128 Å². The van der Waals surface area contributed by atoms with Gasteiger partial charge in [-0.25, -0.2) is 4.98 Å². The molecule has 2 saturated carbocycles. The number of nitrogens with zero attached hydrogens (tertiary/aromatic N) is 3. The summed E-state index contributed by atoms with van der Waals surface area (Å²) in [5.41, 5.74) is 1.36. The molecule has 0 unspecified atom stereocenters. The lowest BCUT2D eigenvalue weighted by Crippen LogP contribution is -2.48. The number of likely N-dealkylation sites (tertiary alicyclic amines) is 1. The Morgan fingerprint density at radius 1 is 1.00 bits per heavy atom. The number of aryl methyl sites for hydroxylation is 1. The third-order valence-electron chi connectivity index (χ3n) is 5.79. The first-order valence-corrected chi connectivity index (χ1v) is 9.04. The van der Waals surface area contributed by atoms with Gasteiger partial charge in [0, 0.05) is 44.0 Å². The molecule has 1 saturated heterocycles. The average Bonchev–Trinajstić information content (AvgIpc) is 3.21. The predicted molar refractivity (Wildman–Crippen MR) is 85.4 cm³/mol. The first-order chi connectivity index (χ1) is 10.3. The van der Waals surface area contributed by atoms with Crippen LogP contribution in [0.25, 0.3) is 0 Å². The summed E-state index contributed by atoms with van der Waals surface area (Å²) >= 11 is 0. The molecule has 3 nitrogen and oxygen atoms in total. The van der Waals surface area contributed by atoms with E-state index in [1.807, 2.05) is 0 Å². The SMILES string of the molecule is Cc1cnc(C2CN(CC3CCCCC3)C2)n1CC1CC1. The Bertz CT molecular complexity index is 477. The van der Waals surface area contributed by atoms with Crippen LogP contribution in [0.5, 0.6) is 0 Å². The molecule has 0 amide bonds. The second-order valence-electron chi connectivity index (χ2n) is 7.73. The Balaban J connectivity index is 1.32. The highest BCUT2D eigenvalue weighted by molar-refractivity contribution is 5.13. The largest absolute Gasteiger partial charge is 0.332 e. The van der Waals surface area contributed by atoms with E-state index in [1.54, 1.807) is 0 Å². The van der Waals surface area contributed by atoms with Crippen LogP contribution >= 0.6 is 0 Å². The van der Waals surface area contributed by atoms with Crippen LogP contribution in [0.3, 0.4) is 0 Å². The Kier molecular flexibility index (Phi) is 3.78. The summed E-state index contributed by atoms with van der Waals surface area (Å²) in [6.07, 6.45) is 12.3. The molecule has 4 rings (SSSR count). The van der Waals surface area contributed by atoms with Crippen molar-refractivity contribution >= 4 is 0 Å². The van der Waals surface area contributed by atoms with Crippen LogP contribution in [0, 0.1) is 18.8 Å². The highest BCUT2D eigenvalue weighted by Gasteiger charge is 2.34. The highest BCUT2D eigenvalue weighted by Crippen LogP contribution is 2.35. The van der Waals surface area contributed by atoms with E-state index in [4.69, 9.17) is 4.98 Å². The molecule has 2 heterocycles. The molecule has 3 heteroatoms. The van der Waals surface area contributed by atoms with Crippen LogP contribution in [-0.2, 0) is 6.54 Å². The minimum atomic E-state index is 0.695. The van der Waals surface area contributed by atoms with Gasteiger partial charge in [-0.3, -0.25) is 0 Å². The van der Waals surface area contributed by atoms with E-state index >= 15 is 0 Å². The second kappa shape index (κ2) is 5.75. The number of imidazole rings is 1. The quantitative estimate of drug-likeness (QED) is 0.825. The van der Waals surface area contributed by atoms with Gasteiger partial charge in [0.25, 0.3) is 0 Å². The number of hydrogen-bond acceptors (Lipinski definition) is 2. The van der Waals surface area contributed by atoms with Gasteiger partial charge in [0.1, 0.15) is 5.82 Å². The molecule has 0 spiro atoms. The summed E-state index contributed by atoms with van der Waals surface area (Å²) in [6.45, 7) is 7.28. The van der Waals surface area contributed by atoms with Crippen LogP contribution in [0.4, 0.5) is 0 Å². The molecule has 21 heavy (non-hydrogen) atoms. The third-order valence-corrected chi connectivity index (χ3v) is 5.79. The summed E-state index contributed by atoms with van der Waals surface area (Å²) in [5.74, 6) is 3.99. The van der Waals surface area contributed by atoms with Crippen molar-refractivity contribution in [2.24, 2.45) is 11.8 Å². The minimum absolute atomic E-state index is 0.695. The zero-order chi connectivity index (χ0) is 14.2. The van der Waals surface area contributed by atoms with Gasteiger partial charge in [0.15, 0.2) is 0 Å². The maximum Gasteiger partial charge on any atom is 0.114 e. The maximum atomic E-state index is 4.74. The average molecular weight is 287 g/mol. The molecule has 0 radical (unpaired) electrons. The predicted octanol–water partition coefficient (Wildman–Crippen LogP) is 3.58. The van der Waals surface area contributed by atoms with Crippen molar-refractivity contribution in [3.05, 3.63) is 17.7 Å². The molecule has 1 aliphatic heterocycles. The van der Waals surface area contributed by atoms with Gasteiger partial charge in [-0.2, -0.15) is 0 Å². The summed E-state index contributed by atoms with van der Waals surface area (Å²) in [5, 5.41) is 0. The summed E-state index contributed by atoms with van der Waals surface area (Å²) < 4.78 is 2.51. The number of hydrogen-bond donors (Lipinski definition) is 0. The molecule has 116 valence electrons. The van der Waals surface area contributed by atoms with Gasteiger partial charge < -0.3 is 9.47 Å². The fraction of sp³-hybridized carbons (Fsp3) is 0.833. The lowest BCUT2D eigenvalue weighted by molar-refractivity contribution is 0.105. The zero-order valence-corrected chi connectivity index (χ0v) is 13.4. The van der Waals surface area contributed by atoms with E-state index in [2.05, 4.69) is 22.6 Å². The van der Waals surface area contributed by atoms with Gasteiger partial charge in [0.05, 0.1) is 0 Å². The standard InChI is InChI=1S/C18H29N3/c1-14-9-19-18(21(14)11-16-7-8-16)17-12-20(13-17)10-15-5-3-2-4-6-15/h9,15-17H,2-8,10-13H2,1H3. The van der Waals surface area contributed by atoms with Crippen molar-refractivity contribution in [1.29, 1.82) is 0 Å². The Morgan fingerprint density at radius 2 is 1.71 bits per heavy atom. The molecule has 1 aromatic heterocycles. The first kappa shape index (κ1) is 13.8. The van der Waals surface area contributed by atoms with Crippen LogP contribution in [-0.4, -0.2) is 34.1 Å². The van der Waals surface area contributed by atoms with Crippen LogP contribution in [0.15, 0.2) is 6.20 Å². The summed E-state index contributed by atoms with van der Waals surface area (Å²) in [6, 6.07) is 0. The van der Waals surface area contributed by atoms with Crippen LogP contribution < -0.4 is 0 Å². The zero-order valence-electron chi connectivity index (χ0n) is 13.4. The molecule has 0 atom stereocenters. The highest BCUT2D eigenvalue weighted by atomic mass is 15.2. The second-order valence-corrected chi connectivity index (χ2v) is 7.73. The third kappa shape index (κ3) is 3.03. The van der Waals surface area contributed by atoms with E-state index in [-0.39, 0.29) is 0 Å². The molecular formula is C18H29N3. The van der Waals surface area contributed by atoms with E-state index in [1.165, 1.54) is 82.6 Å². The Morgan fingerprint density at radius 3 is 2.43 bits per heavy atom. The lowest BCUT2D eigenvalue weighted by Gasteiger charge is -2.41. The summed E-state index contributed by atoms with van der Waals surface area (Å²) in [7, 11) is 0. The normalized spacial score (nSPS) is 25.2. The van der Waals surface area contributed by atoms with Gasteiger partial charge in [0.2, 0.25) is 0 Å². The molecule has 3 aliphatic rings. The van der Waals surface area contributed by atoms with Gasteiger partial charge in [-0.1, -0.05) is 19.3 Å². The first-order valence-electron chi connectivity index (χ1n) is 9.04. The van der Waals surface area contributed by atoms with Crippen molar-refractivity contribution in [3.8, 4) is 0 Å². The van der Waals surface area contributed by atoms with E-state index < -0.39 is 0 Å². The van der Waals surface area contributed by atoms with Crippen molar-refractivity contribution < 1.29 is 0 Å². The minimum Gasteiger partial charge on any atom is -0.332 e. The van der Waals surface area contributed by atoms with Crippen molar-refractivity contribution in [2.75, 3.05) is 19.6 Å². The Hall–Kier alpha value is -0.830. The van der Waals surface area contributed by atoms with E-state index in [0.717, 1.165) is 11.8 Å². The number of rotatable bonds is 5. The van der Waals surface area contributed by atoms with Crippen molar-refractivity contribution in [2.45, 2.75) is 64.3 Å².